The van der Waals surface area contributed by atoms with Crippen molar-refractivity contribution in [1.29, 1.82) is 0 Å². The summed E-state index contributed by atoms with van der Waals surface area (Å²) in [6.07, 6.45) is 4.99. The molecule has 162 valence electrons. The Balaban J connectivity index is 1.61. The predicted octanol–water partition coefficient (Wildman–Crippen LogP) is 4.38. The summed E-state index contributed by atoms with van der Waals surface area (Å²) in [6.45, 7) is 10.1. The highest BCUT2D eigenvalue weighted by atomic mass is 32.2. The highest BCUT2D eigenvalue weighted by Crippen LogP contribution is 2.23. The fraction of sp³-hybridized carbons (Fsp3) is 0.375. The second-order valence-electron chi connectivity index (χ2n) is 7.69. The van der Waals surface area contributed by atoms with E-state index in [0.717, 1.165) is 53.6 Å². The van der Waals surface area contributed by atoms with Crippen molar-refractivity contribution >= 4 is 28.3 Å². The van der Waals surface area contributed by atoms with Crippen molar-refractivity contribution in [2.45, 2.75) is 44.6 Å². The molecule has 0 bridgehead atoms. The molecule has 31 heavy (non-hydrogen) atoms. The van der Waals surface area contributed by atoms with Gasteiger partial charge in [0.05, 0.1) is 16.6 Å². The van der Waals surface area contributed by atoms with Crippen LogP contribution in [0.25, 0.3) is 16.6 Å². The van der Waals surface area contributed by atoms with Crippen LogP contribution < -0.4 is 5.56 Å². The summed E-state index contributed by atoms with van der Waals surface area (Å²) in [5.41, 5.74) is 3.90. The second kappa shape index (κ2) is 9.66. The number of pyridine rings is 1. The van der Waals surface area contributed by atoms with Crippen LogP contribution in [0, 0.1) is 6.92 Å². The van der Waals surface area contributed by atoms with E-state index in [9.17, 15) is 4.79 Å². The lowest BCUT2D eigenvalue weighted by Crippen LogP contribution is -2.28. The van der Waals surface area contributed by atoms with Gasteiger partial charge in [-0.1, -0.05) is 43.8 Å². The minimum Gasteiger partial charge on any atom is -0.307 e. The summed E-state index contributed by atoms with van der Waals surface area (Å²) in [7, 11) is 0. The molecule has 7 heteroatoms. The predicted molar refractivity (Wildman–Crippen MR) is 128 cm³/mol. The number of aryl methyl sites for hydroxylation is 1. The minimum absolute atomic E-state index is 0.0403. The Labute approximate surface area is 186 Å². The lowest BCUT2D eigenvalue weighted by atomic mass is 10.2. The highest BCUT2D eigenvalue weighted by molar-refractivity contribution is 7.98. The first-order valence-corrected chi connectivity index (χ1v) is 11.9. The molecule has 0 amide bonds. The van der Waals surface area contributed by atoms with Crippen LogP contribution in [-0.4, -0.2) is 43.5 Å². The number of hydrogen-bond acceptors (Lipinski definition) is 5. The molecule has 0 aliphatic heterocycles. The van der Waals surface area contributed by atoms with Crippen LogP contribution in [0.3, 0.4) is 0 Å². The number of hydrogen-bond donors (Lipinski definition) is 0. The van der Waals surface area contributed by atoms with Crippen LogP contribution in [0.15, 0.2) is 58.7 Å². The Hall–Kier alpha value is -2.64. The zero-order valence-corrected chi connectivity index (χ0v) is 19.2. The fourth-order valence-corrected chi connectivity index (χ4v) is 4.77. The Kier molecular flexibility index (Phi) is 6.73. The Morgan fingerprint density at radius 3 is 2.65 bits per heavy atom. The molecule has 6 nitrogen and oxygen atoms in total. The van der Waals surface area contributed by atoms with Gasteiger partial charge in [-0.15, -0.1) is 0 Å². The van der Waals surface area contributed by atoms with E-state index in [1.165, 1.54) is 0 Å². The van der Waals surface area contributed by atoms with Gasteiger partial charge in [0.25, 0.3) is 5.56 Å². The van der Waals surface area contributed by atoms with Gasteiger partial charge in [-0.2, -0.15) is 0 Å². The average Bonchev–Trinajstić information content (AvgIpc) is 3.21. The molecule has 0 atom stereocenters. The van der Waals surface area contributed by atoms with Crippen molar-refractivity contribution in [2.24, 2.45) is 0 Å². The molecular formula is C24H29N5OS. The van der Waals surface area contributed by atoms with E-state index in [0.29, 0.717) is 17.7 Å². The van der Waals surface area contributed by atoms with Gasteiger partial charge in [-0.3, -0.25) is 9.36 Å². The van der Waals surface area contributed by atoms with Crippen LogP contribution in [-0.2, 0) is 12.3 Å². The molecule has 3 heterocycles. The minimum atomic E-state index is 0.0403. The summed E-state index contributed by atoms with van der Waals surface area (Å²) < 4.78 is 3.90. The Morgan fingerprint density at radius 2 is 1.87 bits per heavy atom. The van der Waals surface area contributed by atoms with Crippen molar-refractivity contribution in [2.75, 3.05) is 19.6 Å². The van der Waals surface area contributed by atoms with Crippen LogP contribution in [0.2, 0.25) is 0 Å². The van der Waals surface area contributed by atoms with Crippen LogP contribution >= 0.6 is 11.8 Å². The number of imidazole rings is 1. The first-order valence-electron chi connectivity index (χ1n) is 10.9. The topological polar surface area (TPSA) is 55.4 Å². The number of aromatic nitrogens is 4. The molecule has 0 unspecified atom stereocenters. The molecule has 1 aromatic carbocycles. The van der Waals surface area contributed by atoms with Crippen molar-refractivity contribution < 1.29 is 0 Å². The van der Waals surface area contributed by atoms with Gasteiger partial charge in [0.1, 0.15) is 5.65 Å². The molecule has 0 fully saturated rings. The average molecular weight is 436 g/mol. The van der Waals surface area contributed by atoms with Crippen molar-refractivity contribution in [3.8, 4) is 0 Å². The largest absolute Gasteiger partial charge is 0.307 e. The quantitative estimate of drug-likeness (QED) is 0.289. The number of para-hydroxylation sites is 1. The van der Waals surface area contributed by atoms with E-state index < -0.39 is 0 Å². The molecule has 4 rings (SSSR count). The molecule has 0 aliphatic rings. The van der Waals surface area contributed by atoms with Crippen LogP contribution in [0.4, 0.5) is 0 Å². The van der Waals surface area contributed by atoms with Crippen LogP contribution in [0.1, 0.15) is 31.5 Å². The number of rotatable bonds is 9. The first-order chi connectivity index (χ1) is 15.1. The third-order valence-corrected chi connectivity index (χ3v) is 6.66. The molecular weight excluding hydrogens is 406 g/mol. The van der Waals surface area contributed by atoms with Gasteiger partial charge in [-0.05, 0) is 56.7 Å². The molecule has 0 aliphatic carbocycles. The summed E-state index contributed by atoms with van der Waals surface area (Å²) in [6, 6.07) is 11.7. The number of fused-ring (bicyclic) bond motifs is 2. The van der Waals surface area contributed by atoms with Gasteiger partial charge >= 0.3 is 0 Å². The zero-order chi connectivity index (χ0) is 21.8. The van der Waals surface area contributed by atoms with Gasteiger partial charge in [0, 0.05) is 24.7 Å². The molecule has 0 radical (unpaired) electrons. The molecule has 0 saturated carbocycles. The SMILES string of the molecule is CCN(CC)CCCn1c(SCc2cn3cccc(C)c3n2)nc2ccccc2c1=O. The fourth-order valence-electron chi connectivity index (χ4n) is 3.86. The lowest BCUT2D eigenvalue weighted by molar-refractivity contribution is 0.290. The third kappa shape index (κ3) is 4.67. The molecule has 4 aromatic rings. The maximum atomic E-state index is 13.2. The number of thioether (sulfide) groups is 1. The van der Waals surface area contributed by atoms with E-state index >= 15 is 0 Å². The molecule has 3 aromatic heterocycles. The summed E-state index contributed by atoms with van der Waals surface area (Å²) in [5, 5.41) is 1.44. The zero-order valence-electron chi connectivity index (χ0n) is 18.4. The van der Waals surface area contributed by atoms with Gasteiger partial charge < -0.3 is 9.30 Å². The Bertz CT molecular complexity index is 1240. The molecule has 0 spiro atoms. The summed E-state index contributed by atoms with van der Waals surface area (Å²) >= 11 is 1.58. The van der Waals surface area contributed by atoms with E-state index in [1.54, 1.807) is 11.8 Å². The van der Waals surface area contributed by atoms with Gasteiger partial charge in [0.15, 0.2) is 5.16 Å². The molecule has 0 saturated heterocycles. The van der Waals surface area contributed by atoms with Crippen molar-refractivity contribution in [3.63, 3.8) is 0 Å². The summed E-state index contributed by atoms with van der Waals surface area (Å²) in [4.78, 5) is 25.2. The highest BCUT2D eigenvalue weighted by Gasteiger charge is 2.13. The number of benzene rings is 1. The first kappa shape index (κ1) is 21.6. The number of nitrogens with zero attached hydrogens (tertiary/aromatic N) is 5. The van der Waals surface area contributed by atoms with Crippen molar-refractivity contribution in [1.82, 2.24) is 23.8 Å². The monoisotopic (exact) mass is 435 g/mol. The third-order valence-electron chi connectivity index (χ3n) is 5.65. The van der Waals surface area contributed by atoms with Gasteiger partial charge in [-0.25, -0.2) is 9.97 Å². The van der Waals surface area contributed by atoms with E-state index in [-0.39, 0.29) is 5.56 Å². The van der Waals surface area contributed by atoms with Gasteiger partial charge in [0.2, 0.25) is 0 Å². The second-order valence-corrected chi connectivity index (χ2v) is 8.63. The van der Waals surface area contributed by atoms with Crippen molar-refractivity contribution in [3.05, 3.63) is 70.4 Å². The summed E-state index contributed by atoms with van der Waals surface area (Å²) in [5.74, 6) is 0.669. The van der Waals surface area contributed by atoms with E-state index in [1.807, 2.05) is 41.1 Å². The molecule has 0 N–H and O–H groups in total. The normalized spacial score (nSPS) is 11.7. The maximum Gasteiger partial charge on any atom is 0.262 e. The van der Waals surface area contributed by atoms with Crippen LogP contribution in [0.5, 0.6) is 0 Å². The smallest absolute Gasteiger partial charge is 0.262 e. The lowest BCUT2D eigenvalue weighted by Gasteiger charge is -2.19. The Morgan fingerprint density at radius 1 is 1.06 bits per heavy atom. The maximum absolute atomic E-state index is 13.2. The van der Waals surface area contributed by atoms with E-state index in [4.69, 9.17) is 9.97 Å². The van der Waals surface area contributed by atoms with E-state index in [2.05, 4.69) is 42.3 Å². The standard InChI is InChI=1S/C24H29N5OS/c1-4-27(5-2)13-9-15-29-23(30)20-11-6-7-12-21(20)26-24(29)31-17-19-16-28-14-8-10-18(3)22(28)25-19/h6-8,10-12,14,16H,4-5,9,13,15,17H2,1-3H3.